The van der Waals surface area contributed by atoms with E-state index in [1.807, 2.05) is 26.8 Å². The van der Waals surface area contributed by atoms with E-state index >= 15 is 0 Å². The Balaban J connectivity index is 2.80. The fraction of sp³-hybridized carbons (Fsp3) is 0.467. The summed E-state index contributed by atoms with van der Waals surface area (Å²) in [6.07, 6.45) is -0.817. The average molecular weight is 278 g/mol. The molecule has 1 amide bonds. The Kier molecular flexibility index (Phi) is 5.55. The molecule has 1 aromatic rings. The average Bonchev–Trinajstić information content (AvgIpc) is 2.42. The predicted octanol–water partition coefficient (Wildman–Crippen LogP) is 1.99. The lowest BCUT2D eigenvalue weighted by atomic mass is 10.1. The normalized spacial score (nSPS) is 11.8. The van der Waals surface area contributed by atoms with Gasteiger partial charge in [0.25, 0.3) is 5.91 Å². The summed E-state index contributed by atoms with van der Waals surface area (Å²) in [5.74, 6) is -0.770. The summed E-state index contributed by atoms with van der Waals surface area (Å²) in [6, 6.07) is 5.13. The molecule has 1 unspecified atom stereocenters. The van der Waals surface area contributed by atoms with E-state index in [1.54, 1.807) is 24.0 Å². The van der Waals surface area contributed by atoms with Crippen molar-refractivity contribution >= 4 is 17.6 Å². The van der Waals surface area contributed by atoms with E-state index in [4.69, 9.17) is 10.5 Å². The fourth-order valence-corrected chi connectivity index (χ4v) is 1.91. The van der Waals surface area contributed by atoms with Crippen LogP contribution >= 0.6 is 0 Å². The number of aryl methyl sites for hydroxylation is 1. The molecule has 0 aliphatic heterocycles. The Hall–Kier alpha value is -2.04. The van der Waals surface area contributed by atoms with Crippen LogP contribution in [-0.2, 0) is 9.53 Å². The Labute approximate surface area is 119 Å². The third-order valence-electron chi connectivity index (χ3n) is 3.14. The molecule has 20 heavy (non-hydrogen) atoms. The highest BCUT2D eigenvalue weighted by Gasteiger charge is 2.23. The number of benzene rings is 1. The summed E-state index contributed by atoms with van der Waals surface area (Å²) in [4.78, 5) is 25.7. The highest BCUT2D eigenvalue weighted by atomic mass is 16.5. The first-order valence-electron chi connectivity index (χ1n) is 6.76. The van der Waals surface area contributed by atoms with Gasteiger partial charge in [-0.1, -0.05) is 11.6 Å². The summed E-state index contributed by atoms with van der Waals surface area (Å²) in [6.45, 7) is 8.38. The Morgan fingerprint density at radius 1 is 1.30 bits per heavy atom. The highest BCUT2D eigenvalue weighted by molar-refractivity contribution is 5.96. The molecular weight excluding hydrogens is 256 g/mol. The number of hydrogen-bond donors (Lipinski definition) is 1. The minimum absolute atomic E-state index is 0.199. The standard InChI is InChI=1S/C15H22N2O3/c1-5-17(6-2)14(18)11(4)20-15(19)12-9-10(3)7-8-13(12)16/h7-9,11H,5-6,16H2,1-4H3. The molecule has 0 aliphatic rings. The smallest absolute Gasteiger partial charge is 0.341 e. The quantitative estimate of drug-likeness (QED) is 0.660. The molecule has 0 bridgehead atoms. The van der Waals surface area contributed by atoms with Gasteiger partial charge in [-0.2, -0.15) is 0 Å². The van der Waals surface area contributed by atoms with Crippen molar-refractivity contribution in [1.82, 2.24) is 4.90 Å². The van der Waals surface area contributed by atoms with Gasteiger partial charge >= 0.3 is 5.97 Å². The van der Waals surface area contributed by atoms with Gasteiger partial charge in [-0.15, -0.1) is 0 Å². The van der Waals surface area contributed by atoms with Crippen molar-refractivity contribution in [2.75, 3.05) is 18.8 Å². The van der Waals surface area contributed by atoms with Crippen molar-refractivity contribution < 1.29 is 14.3 Å². The van der Waals surface area contributed by atoms with Crippen molar-refractivity contribution in [2.45, 2.75) is 33.8 Å². The van der Waals surface area contributed by atoms with Crippen molar-refractivity contribution in [1.29, 1.82) is 0 Å². The molecule has 1 aromatic carbocycles. The van der Waals surface area contributed by atoms with Crippen LogP contribution in [-0.4, -0.2) is 36.0 Å². The van der Waals surface area contributed by atoms with E-state index in [9.17, 15) is 9.59 Å². The number of hydrogen-bond acceptors (Lipinski definition) is 4. The zero-order valence-corrected chi connectivity index (χ0v) is 12.5. The van der Waals surface area contributed by atoms with Crippen LogP contribution in [0.1, 0.15) is 36.7 Å². The van der Waals surface area contributed by atoms with Crippen molar-refractivity contribution in [3.05, 3.63) is 29.3 Å². The second kappa shape index (κ2) is 6.93. The number of likely N-dealkylation sites (N-methyl/N-ethyl adjacent to an activating group) is 1. The molecule has 0 radical (unpaired) electrons. The minimum Gasteiger partial charge on any atom is -0.449 e. The lowest BCUT2D eigenvalue weighted by Crippen LogP contribution is -2.39. The maximum absolute atomic E-state index is 12.1. The molecule has 110 valence electrons. The fourth-order valence-electron chi connectivity index (χ4n) is 1.91. The van der Waals surface area contributed by atoms with E-state index in [0.717, 1.165) is 5.56 Å². The van der Waals surface area contributed by atoms with Crippen LogP contribution in [0, 0.1) is 6.92 Å². The van der Waals surface area contributed by atoms with E-state index in [0.29, 0.717) is 24.3 Å². The van der Waals surface area contributed by atoms with Gasteiger partial charge in [0, 0.05) is 18.8 Å². The van der Waals surface area contributed by atoms with Crippen LogP contribution in [0.4, 0.5) is 5.69 Å². The lowest BCUT2D eigenvalue weighted by molar-refractivity contribution is -0.139. The van der Waals surface area contributed by atoms with Crippen molar-refractivity contribution in [3.63, 3.8) is 0 Å². The number of rotatable bonds is 5. The highest BCUT2D eigenvalue weighted by Crippen LogP contribution is 2.16. The molecule has 0 aliphatic carbocycles. The number of carbonyl (C=O) groups excluding carboxylic acids is 2. The zero-order valence-electron chi connectivity index (χ0n) is 12.5. The van der Waals surface area contributed by atoms with Crippen LogP contribution < -0.4 is 5.73 Å². The van der Waals surface area contributed by atoms with Crippen LogP contribution in [0.15, 0.2) is 18.2 Å². The largest absolute Gasteiger partial charge is 0.449 e. The topological polar surface area (TPSA) is 72.6 Å². The number of ether oxygens (including phenoxy) is 1. The monoisotopic (exact) mass is 278 g/mol. The number of nitrogens with two attached hydrogens (primary N) is 1. The Morgan fingerprint density at radius 3 is 2.45 bits per heavy atom. The number of nitrogen functional groups attached to an aromatic ring is 1. The number of nitrogens with zero attached hydrogens (tertiary/aromatic N) is 1. The van der Waals surface area contributed by atoms with Gasteiger partial charge in [-0.05, 0) is 39.8 Å². The number of esters is 1. The lowest BCUT2D eigenvalue weighted by Gasteiger charge is -2.22. The van der Waals surface area contributed by atoms with Crippen LogP contribution in [0.3, 0.4) is 0 Å². The van der Waals surface area contributed by atoms with Crippen LogP contribution in [0.2, 0.25) is 0 Å². The zero-order chi connectivity index (χ0) is 15.3. The van der Waals surface area contributed by atoms with Crippen molar-refractivity contribution in [3.8, 4) is 0 Å². The summed E-state index contributed by atoms with van der Waals surface area (Å²) in [5, 5.41) is 0. The molecule has 5 heteroatoms. The second-order valence-electron chi connectivity index (χ2n) is 4.65. The summed E-state index contributed by atoms with van der Waals surface area (Å²) in [5.41, 5.74) is 7.31. The Bertz CT molecular complexity index is 496. The van der Waals surface area contributed by atoms with Gasteiger partial charge in [0.05, 0.1) is 5.56 Å². The van der Waals surface area contributed by atoms with E-state index < -0.39 is 12.1 Å². The molecule has 1 rings (SSSR count). The Morgan fingerprint density at radius 2 is 1.90 bits per heavy atom. The molecule has 5 nitrogen and oxygen atoms in total. The van der Waals surface area contributed by atoms with Gasteiger partial charge in [0.1, 0.15) is 0 Å². The maximum atomic E-state index is 12.1. The molecule has 0 saturated heterocycles. The van der Waals surface area contributed by atoms with E-state index in [1.165, 1.54) is 0 Å². The first-order chi connectivity index (χ1) is 9.40. The molecule has 0 heterocycles. The molecule has 1 atom stereocenters. The number of carbonyl (C=O) groups is 2. The van der Waals surface area contributed by atoms with Gasteiger partial charge in [0.15, 0.2) is 6.10 Å². The number of amides is 1. The third kappa shape index (κ3) is 3.73. The van der Waals surface area contributed by atoms with Crippen LogP contribution in [0.25, 0.3) is 0 Å². The first kappa shape index (κ1) is 16.0. The van der Waals surface area contributed by atoms with Gasteiger partial charge in [-0.3, -0.25) is 4.79 Å². The molecular formula is C15H22N2O3. The summed E-state index contributed by atoms with van der Waals surface area (Å²) in [7, 11) is 0. The molecule has 0 spiro atoms. The van der Waals surface area contributed by atoms with Crippen LogP contribution in [0.5, 0.6) is 0 Å². The second-order valence-corrected chi connectivity index (χ2v) is 4.65. The van der Waals surface area contributed by atoms with Gasteiger partial charge in [0.2, 0.25) is 0 Å². The summed E-state index contributed by atoms with van der Waals surface area (Å²) < 4.78 is 5.21. The third-order valence-corrected chi connectivity index (χ3v) is 3.14. The SMILES string of the molecule is CCN(CC)C(=O)C(C)OC(=O)c1cc(C)ccc1N. The number of anilines is 1. The van der Waals surface area contributed by atoms with E-state index in [-0.39, 0.29) is 5.91 Å². The molecule has 0 saturated carbocycles. The first-order valence-corrected chi connectivity index (χ1v) is 6.76. The molecule has 2 N–H and O–H groups in total. The molecule has 0 fully saturated rings. The van der Waals surface area contributed by atoms with Gasteiger partial charge < -0.3 is 15.4 Å². The van der Waals surface area contributed by atoms with Gasteiger partial charge in [-0.25, -0.2) is 4.79 Å². The van der Waals surface area contributed by atoms with Crippen molar-refractivity contribution in [2.24, 2.45) is 0 Å². The van der Waals surface area contributed by atoms with E-state index in [2.05, 4.69) is 0 Å². The summed E-state index contributed by atoms with van der Waals surface area (Å²) >= 11 is 0. The molecule has 0 aromatic heterocycles. The predicted molar refractivity (Wildman–Crippen MR) is 78.4 cm³/mol. The minimum atomic E-state index is -0.817. The maximum Gasteiger partial charge on any atom is 0.341 e.